The first kappa shape index (κ1) is 14.3. The van der Waals surface area contributed by atoms with E-state index < -0.39 is 17.7 Å². The van der Waals surface area contributed by atoms with Gasteiger partial charge in [-0.05, 0) is 27.7 Å². The average molecular weight is 253 g/mol. The lowest BCUT2D eigenvalue weighted by molar-refractivity contribution is -0.138. The highest BCUT2D eigenvalue weighted by atomic mass is 16.6. The fraction of sp³-hybridized carbons (Fsp3) is 0.750. The number of hydrogen-bond donors (Lipinski definition) is 1. The van der Waals surface area contributed by atoms with Crippen molar-refractivity contribution in [3.63, 3.8) is 0 Å². The van der Waals surface area contributed by atoms with Crippen LogP contribution in [0.15, 0.2) is 0 Å². The van der Waals surface area contributed by atoms with Crippen LogP contribution < -0.4 is 5.32 Å². The van der Waals surface area contributed by atoms with Crippen LogP contribution >= 0.6 is 0 Å². The molecule has 1 heterocycles. The largest absolute Gasteiger partial charge is 0.444 e. The van der Waals surface area contributed by atoms with E-state index in [-0.39, 0.29) is 11.8 Å². The minimum absolute atomic E-state index is 0.0809. The van der Waals surface area contributed by atoms with E-state index >= 15 is 0 Å². The van der Waals surface area contributed by atoms with Crippen molar-refractivity contribution in [2.75, 3.05) is 13.1 Å². The number of hydrogen-bond acceptors (Lipinski definition) is 4. The molecule has 100 valence electrons. The van der Waals surface area contributed by atoms with Crippen LogP contribution in [0.25, 0.3) is 0 Å². The Kier molecular flexibility index (Phi) is 4.17. The van der Waals surface area contributed by atoms with E-state index in [4.69, 9.17) is 10.00 Å². The van der Waals surface area contributed by atoms with Crippen molar-refractivity contribution >= 4 is 12.0 Å². The second-order valence-corrected chi connectivity index (χ2v) is 5.44. The lowest BCUT2D eigenvalue weighted by Crippen LogP contribution is -2.56. The van der Waals surface area contributed by atoms with E-state index in [1.165, 1.54) is 0 Å². The van der Waals surface area contributed by atoms with Gasteiger partial charge < -0.3 is 15.0 Å². The molecule has 1 fully saturated rings. The number of nitriles is 1. The molecule has 0 aromatic rings. The Morgan fingerprint density at radius 1 is 1.44 bits per heavy atom. The molecule has 6 heteroatoms. The molecule has 0 saturated carbocycles. The molecule has 0 aliphatic carbocycles. The van der Waals surface area contributed by atoms with Crippen molar-refractivity contribution in [3.05, 3.63) is 0 Å². The van der Waals surface area contributed by atoms with E-state index in [1.54, 1.807) is 32.6 Å². The molecule has 0 aromatic carbocycles. The molecule has 1 saturated heterocycles. The highest BCUT2D eigenvalue weighted by Gasteiger charge is 2.33. The second kappa shape index (κ2) is 5.25. The van der Waals surface area contributed by atoms with Crippen LogP contribution in [0.1, 0.15) is 27.7 Å². The maximum absolute atomic E-state index is 11.8. The summed E-state index contributed by atoms with van der Waals surface area (Å²) in [6, 6.07) is 1.45. The van der Waals surface area contributed by atoms with Gasteiger partial charge in [0, 0.05) is 13.1 Å². The number of carbonyl (C=O) groups is 2. The summed E-state index contributed by atoms with van der Waals surface area (Å²) in [4.78, 5) is 24.9. The molecule has 2 amide bonds. The molecule has 1 rings (SSSR count). The molecule has 0 radical (unpaired) electrons. The predicted molar refractivity (Wildman–Crippen MR) is 64.5 cm³/mol. The summed E-state index contributed by atoms with van der Waals surface area (Å²) in [6.45, 7) is 7.75. The molecule has 6 nitrogen and oxygen atoms in total. The van der Waals surface area contributed by atoms with Crippen molar-refractivity contribution in [2.24, 2.45) is 5.92 Å². The van der Waals surface area contributed by atoms with Crippen LogP contribution in [0, 0.1) is 17.2 Å². The highest BCUT2D eigenvalue weighted by Crippen LogP contribution is 2.15. The zero-order valence-corrected chi connectivity index (χ0v) is 11.2. The number of alkyl carbamates (subject to hydrolysis) is 1. The van der Waals surface area contributed by atoms with Gasteiger partial charge in [0.25, 0.3) is 0 Å². The first-order valence-electron chi connectivity index (χ1n) is 5.91. The average Bonchev–Trinajstić information content (AvgIpc) is 2.12. The van der Waals surface area contributed by atoms with Crippen LogP contribution in [-0.2, 0) is 9.53 Å². The van der Waals surface area contributed by atoms with Gasteiger partial charge in [-0.1, -0.05) is 0 Å². The van der Waals surface area contributed by atoms with E-state index in [1.807, 2.05) is 0 Å². The Morgan fingerprint density at radius 3 is 2.44 bits per heavy atom. The van der Waals surface area contributed by atoms with Gasteiger partial charge in [-0.2, -0.15) is 5.26 Å². The number of ether oxygens (including phenoxy) is 1. The summed E-state index contributed by atoms with van der Waals surface area (Å²) in [5.74, 6) is -0.268. The Morgan fingerprint density at radius 2 is 2.00 bits per heavy atom. The summed E-state index contributed by atoms with van der Waals surface area (Å²) in [7, 11) is 0. The van der Waals surface area contributed by atoms with Crippen LogP contribution in [0.3, 0.4) is 0 Å². The van der Waals surface area contributed by atoms with Gasteiger partial charge in [0.2, 0.25) is 5.91 Å². The third-order valence-electron chi connectivity index (χ3n) is 2.48. The van der Waals surface area contributed by atoms with E-state index in [0.29, 0.717) is 13.1 Å². The van der Waals surface area contributed by atoms with Crippen molar-refractivity contribution in [1.29, 1.82) is 5.26 Å². The molecule has 0 aromatic heterocycles. The van der Waals surface area contributed by atoms with Crippen molar-refractivity contribution in [1.82, 2.24) is 10.2 Å². The number of nitrogens with zero attached hydrogens (tertiary/aromatic N) is 2. The minimum Gasteiger partial charge on any atom is -0.444 e. The van der Waals surface area contributed by atoms with Crippen LogP contribution in [0.2, 0.25) is 0 Å². The number of amides is 2. The zero-order valence-electron chi connectivity index (χ0n) is 11.2. The first-order chi connectivity index (χ1) is 8.23. The monoisotopic (exact) mass is 253 g/mol. The Hall–Kier alpha value is -1.77. The summed E-state index contributed by atoms with van der Waals surface area (Å²) in [5, 5.41) is 11.1. The molecule has 0 bridgehead atoms. The van der Waals surface area contributed by atoms with Crippen molar-refractivity contribution in [3.8, 4) is 6.07 Å². The molecule has 18 heavy (non-hydrogen) atoms. The third kappa shape index (κ3) is 3.91. The third-order valence-corrected chi connectivity index (χ3v) is 2.48. The molecule has 1 aliphatic rings. The predicted octanol–water partition coefficient (Wildman–Crippen LogP) is 0.882. The number of nitrogens with one attached hydrogen (secondary N) is 1. The minimum atomic E-state index is -0.639. The normalized spacial score (nSPS) is 17.4. The zero-order chi connectivity index (χ0) is 13.9. The SMILES string of the molecule is CC(NC(=O)OC(C)(C)C)C(=O)N1CC(C#N)C1. The maximum atomic E-state index is 11.8. The summed E-state index contributed by atoms with van der Waals surface area (Å²) < 4.78 is 5.06. The lowest BCUT2D eigenvalue weighted by Gasteiger charge is -2.37. The Labute approximate surface area is 107 Å². The number of carbonyl (C=O) groups excluding carboxylic acids is 2. The lowest BCUT2D eigenvalue weighted by atomic mass is 10.0. The van der Waals surface area contributed by atoms with Gasteiger partial charge in [-0.3, -0.25) is 4.79 Å². The highest BCUT2D eigenvalue weighted by molar-refractivity contribution is 5.86. The molecule has 1 N–H and O–H groups in total. The molecular weight excluding hydrogens is 234 g/mol. The number of likely N-dealkylation sites (tertiary alicyclic amines) is 1. The van der Waals surface area contributed by atoms with Crippen LogP contribution in [0.4, 0.5) is 4.79 Å². The molecule has 0 spiro atoms. The van der Waals surface area contributed by atoms with E-state index in [2.05, 4.69) is 11.4 Å². The molecule has 1 aliphatic heterocycles. The van der Waals surface area contributed by atoms with Gasteiger partial charge >= 0.3 is 6.09 Å². The van der Waals surface area contributed by atoms with E-state index in [9.17, 15) is 9.59 Å². The van der Waals surface area contributed by atoms with Crippen molar-refractivity contribution in [2.45, 2.75) is 39.3 Å². The Bertz CT molecular complexity index is 375. The van der Waals surface area contributed by atoms with Crippen LogP contribution in [0.5, 0.6) is 0 Å². The topological polar surface area (TPSA) is 82.4 Å². The van der Waals surface area contributed by atoms with Gasteiger partial charge in [0.1, 0.15) is 11.6 Å². The fourth-order valence-corrected chi connectivity index (χ4v) is 1.56. The van der Waals surface area contributed by atoms with Gasteiger partial charge in [0.15, 0.2) is 0 Å². The fourth-order valence-electron chi connectivity index (χ4n) is 1.56. The van der Waals surface area contributed by atoms with E-state index in [0.717, 1.165) is 0 Å². The second-order valence-electron chi connectivity index (χ2n) is 5.44. The van der Waals surface area contributed by atoms with Crippen LogP contribution in [-0.4, -0.2) is 41.6 Å². The van der Waals surface area contributed by atoms with Gasteiger partial charge in [-0.25, -0.2) is 4.79 Å². The molecule has 1 atom stereocenters. The maximum Gasteiger partial charge on any atom is 0.408 e. The standard InChI is InChI=1S/C12H19N3O3/c1-8(14-11(17)18-12(2,3)4)10(16)15-6-9(5-13)7-15/h8-9H,6-7H2,1-4H3,(H,14,17). The number of rotatable bonds is 2. The smallest absolute Gasteiger partial charge is 0.408 e. The van der Waals surface area contributed by atoms with Gasteiger partial charge in [0.05, 0.1) is 12.0 Å². The Balaban J connectivity index is 2.37. The summed E-state index contributed by atoms with van der Waals surface area (Å²) in [5.41, 5.74) is -0.588. The quantitative estimate of drug-likeness (QED) is 0.792. The first-order valence-corrected chi connectivity index (χ1v) is 5.91. The summed E-state index contributed by atoms with van der Waals surface area (Å²) in [6.07, 6.45) is -0.610. The molecule has 1 unspecified atom stereocenters. The molecular formula is C12H19N3O3. The van der Waals surface area contributed by atoms with Gasteiger partial charge in [-0.15, -0.1) is 0 Å². The van der Waals surface area contributed by atoms with Crippen molar-refractivity contribution < 1.29 is 14.3 Å². The summed E-state index contributed by atoms with van der Waals surface area (Å²) >= 11 is 0.